The second kappa shape index (κ2) is 3.69. The molecule has 0 unspecified atom stereocenters. The van der Waals surface area contributed by atoms with E-state index < -0.39 is 6.61 Å². The van der Waals surface area contributed by atoms with Crippen LogP contribution >= 0.6 is 0 Å². The summed E-state index contributed by atoms with van der Waals surface area (Å²) < 4.78 is 0. The smallest absolute Gasteiger partial charge is 0.248 e. The van der Waals surface area contributed by atoms with E-state index in [4.69, 9.17) is 5.11 Å². The zero-order valence-corrected chi connectivity index (χ0v) is 6.32. The fourth-order valence-electron chi connectivity index (χ4n) is 1.43. The van der Waals surface area contributed by atoms with Gasteiger partial charge in [-0.05, 0) is 12.8 Å². The van der Waals surface area contributed by atoms with Gasteiger partial charge in [-0.1, -0.05) is 0 Å². The van der Waals surface area contributed by atoms with Crippen LogP contribution in [0.15, 0.2) is 0 Å². The second-order valence-corrected chi connectivity index (χ2v) is 2.71. The average Bonchev–Trinajstić information content (AvgIpc) is 2.50. The highest BCUT2D eigenvalue weighted by molar-refractivity contribution is 5.77. The van der Waals surface area contributed by atoms with Crippen molar-refractivity contribution in [1.82, 2.24) is 4.90 Å². The molecule has 0 aliphatic carbocycles. The molecule has 1 heterocycles. The van der Waals surface area contributed by atoms with Gasteiger partial charge in [-0.3, -0.25) is 4.79 Å². The number of nitrogens with zero attached hydrogens (tertiary/aromatic N) is 1. The Morgan fingerprint density at radius 2 is 2.36 bits per heavy atom. The summed E-state index contributed by atoms with van der Waals surface area (Å²) in [5.74, 6) is -0.316. The van der Waals surface area contributed by atoms with Crippen molar-refractivity contribution in [3.8, 4) is 0 Å². The summed E-state index contributed by atoms with van der Waals surface area (Å²) in [6, 6.07) is -0.172. The Morgan fingerprint density at radius 1 is 1.64 bits per heavy atom. The molecule has 1 radical (unpaired) electrons. The van der Waals surface area contributed by atoms with Crippen molar-refractivity contribution in [2.75, 3.05) is 19.8 Å². The molecule has 0 aromatic heterocycles. The van der Waals surface area contributed by atoms with Crippen LogP contribution in [0, 0.1) is 0 Å². The van der Waals surface area contributed by atoms with Crippen LogP contribution in [0.2, 0.25) is 0 Å². The first-order valence-electron chi connectivity index (χ1n) is 3.78. The molecular formula is C7H12NO3. The molecule has 1 amide bonds. The standard InChI is InChI=1S/C7H12NO3/c9-4-6-2-1-3-8(6)7(11)5-10/h6,10H,1-5H2/t6-/m1/s1. The van der Waals surface area contributed by atoms with Crippen LogP contribution in [-0.4, -0.2) is 41.7 Å². The number of carbonyl (C=O) groups excluding carboxylic acids is 1. The minimum absolute atomic E-state index is 0.172. The molecule has 1 saturated heterocycles. The van der Waals surface area contributed by atoms with Crippen molar-refractivity contribution in [3.63, 3.8) is 0 Å². The molecule has 0 saturated carbocycles. The molecule has 11 heavy (non-hydrogen) atoms. The molecule has 1 N–H and O–H groups in total. The Labute approximate surface area is 65.4 Å². The quantitative estimate of drug-likeness (QED) is 0.583. The van der Waals surface area contributed by atoms with Crippen molar-refractivity contribution in [3.05, 3.63) is 0 Å². The number of hydrogen-bond donors (Lipinski definition) is 1. The van der Waals surface area contributed by atoms with Gasteiger partial charge in [0.2, 0.25) is 5.91 Å². The van der Waals surface area contributed by atoms with Crippen molar-refractivity contribution in [2.45, 2.75) is 18.9 Å². The van der Waals surface area contributed by atoms with E-state index in [2.05, 4.69) is 0 Å². The molecule has 1 aliphatic heterocycles. The SMILES string of the molecule is [O]C[C@H]1CCCN1C(=O)CO. The van der Waals surface area contributed by atoms with Gasteiger partial charge in [0.25, 0.3) is 0 Å². The molecule has 63 valence electrons. The maximum Gasteiger partial charge on any atom is 0.248 e. The number of aliphatic hydroxyl groups excluding tert-OH is 1. The lowest BCUT2D eigenvalue weighted by molar-refractivity contribution is -0.136. The highest BCUT2D eigenvalue weighted by Gasteiger charge is 2.27. The molecule has 1 atom stereocenters. The molecule has 0 bridgehead atoms. The van der Waals surface area contributed by atoms with Crippen LogP contribution in [0.4, 0.5) is 0 Å². The molecule has 0 aromatic rings. The van der Waals surface area contributed by atoms with Crippen molar-refractivity contribution in [2.24, 2.45) is 0 Å². The molecule has 0 spiro atoms. The van der Waals surface area contributed by atoms with E-state index in [1.165, 1.54) is 4.90 Å². The van der Waals surface area contributed by atoms with E-state index in [-0.39, 0.29) is 18.6 Å². The zero-order valence-electron chi connectivity index (χ0n) is 6.32. The molecule has 1 aliphatic rings. The van der Waals surface area contributed by atoms with Crippen LogP contribution in [0.1, 0.15) is 12.8 Å². The topological polar surface area (TPSA) is 60.4 Å². The summed E-state index contributed by atoms with van der Waals surface area (Å²) in [7, 11) is 0. The first kappa shape index (κ1) is 8.49. The zero-order chi connectivity index (χ0) is 8.27. The molecule has 4 nitrogen and oxygen atoms in total. The summed E-state index contributed by atoms with van der Waals surface area (Å²) in [5.41, 5.74) is 0. The summed E-state index contributed by atoms with van der Waals surface area (Å²) >= 11 is 0. The number of carbonyl (C=O) groups is 1. The lowest BCUT2D eigenvalue weighted by Gasteiger charge is -2.20. The number of likely N-dealkylation sites (tertiary alicyclic amines) is 1. The summed E-state index contributed by atoms with van der Waals surface area (Å²) in [6.45, 7) is -0.0888. The maximum absolute atomic E-state index is 10.9. The Kier molecular flexibility index (Phi) is 2.84. The lowest BCUT2D eigenvalue weighted by atomic mass is 10.2. The first-order chi connectivity index (χ1) is 5.29. The molecule has 0 aromatic carbocycles. The largest absolute Gasteiger partial charge is 0.387 e. The first-order valence-corrected chi connectivity index (χ1v) is 3.78. The van der Waals surface area contributed by atoms with Crippen molar-refractivity contribution < 1.29 is 15.0 Å². The Bertz CT molecular complexity index is 149. The lowest BCUT2D eigenvalue weighted by Crippen LogP contribution is -2.38. The van der Waals surface area contributed by atoms with Crippen LogP contribution < -0.4 is 0 Å². The van der Waals surface area contributed by atoms with Gasteiger partial charge in [-0.15, -0.1) is 0 Å². The highest BCUT2D eigenvalue weighted by atomic mass is 16.3. The Hall–Kier alpha value is -0.610. The van der Waals surface area contributed by atoms with E-state index >= 15 is 0 Å². The monoisotopic (exact) mass is 158 g/mol. The normalized spacial score (nSPS) is 24.2. The van der Waals surface area contributed by atoms with Gasteiger partial charge in [0.1, 0.15) is 13.2 Å². The molecule has 1 rings (SSSR count). The minimum atomic E-state index is -0.476. The minimum Gasteiger partial charge on any atom is -0.387 e. The Morgan fingerprint density at radius 3 is 2.91 bits per heavy atom. The van der Waals surface area contributed by atoms with Gasteiger partial charge in [0.15, 0.2) is 0 Å². The van der Waals surface area contributed by atoms with Gasteiger partial charge in [-0.2, -0.15) is 0 Å². The summed E-state index contributed by atoms with van der Waals surface area (Å²) in [6.07, 6.45) is 1.67. The average molecular weight is 158 g/mol. The predicted molar refractivity (Wildman–Crippen MR) is 37.4 cm³/mol. The third-order valence-electron chi connectivity index (χ3n) is 2.03. The van der Waals surface area contributed by atoms with Crippen LogP contribution in [-0.2, 0) is 9.90 Å². The highest BCUT2D eigenvalue weighted by Crippen LogP contribution is 2.16. The Balaban J connectivity index is 2.49. The molecule has 4 heteroatoms. The van der Waals surface area contributed by atoms with Gasteiger partial charge in [0, 0.05) is 6.54 Å². The number of aliphatic hydroxyl groups is 1. The van der Waals surface area contributed by atoms with E-state index in [0.29, 0.717) is 6.54 Å². The number of hydrogen-bond acceptors (Lipinski definition) is 2. The van der Waals surface area contributed by atoms with Crippen LogP contribution in [0.5, 0.6) is 0 Å². The van der Waals surface area contributed by atoms with E-state index in [1.807, 2.05) is 0 Å². The third-order valence-corrected chi connectivity index (χ3v) is 2.03. The van der Waals surface area contributed by atoms with Gasteiger partial charge in [-0.25, -0.2) is 5.11 Å². The van der Waals surface area contributed by atoms with E-state index in [1.54, 1.807) is 0 Å². The number of rotatable bonds is 2. The number of amides is 1. The summed E-state index contributed by atoms with van der Waals surface area (Å²) in [4.78, 5) is 12.4. The predicted octanol–water partition coefficient (Wildman–Crippen LogP) is -0.600. The van der Waals surface area contributed by atoms with Gasteiger partial charge in [0.05, 0.1) is 6.04 Å². The van der Waals surface area contributed by atoms with Crippen LogP contribution in [0.3, 0.4) is 0 Å². The summed E-state index contributed by atoms with van der Waals surface area (Å²) in [5, 5.41) is 19.0. The van der Waals surface area contributed by atoms with Gasteiger partial charge >= 0.3 is 0 Å². The third kappa shape index (κ3) is 1.70. The van der Waals surface area contributed by atoms with E-state index in [9.17, 15) is 9.90 Å². The van der Waals surface area contributed by atoms with Crippen LogP contribution in [0.25, 0.3) is 0 Å². The molecule has 1 fully saturated rings. The van der Waals surface area contributed by atoms with Crippen molar-refractivity contribution in [1.29, 1.82) is 0 Å². The second-order valence-electron chi connectivity index (χ2n) is 2.71. The maximum atomic E-state index is 10.9. The van der Waals surface area contributed by atoms with Crippen molar-refractivity contribution >= 4 is 5.91 Å². The van der Waals surface area contributed by atoms with Gasteiger partial charge < -0.3 is 10.0 Å². The van der Waals surface area contributed by atoms with E-state index in [0.717, 1.165) is 12.8 Å². The molecular weight excluding hydrogens is 146 g/mol. The fraction of sp³-hybridized carbons (Fsp3) is 0.857. The fourth-order valence-corrected chi connectivity index (χ4v) is 1.43.